The van der Waals surface area contributed by atoms with Crippen LogP contribution in [0, 0.1) is 5.92 Å². The van der Waals surface area contributed by atoms with E-state index in [0.717, 1.165) is 15.8 Å². The van der Waals surface area contributed by atoms with E-state index in [0.29, 0.717) is 6.04 Å². The maximum atomic E-state index is 4.63. The maximum absolute atomic E-state index is 4.63. The number of hydrogen-bond donors (Lipinski definition) is 1. The summed E-state index contributed by atoms with van der Waals surface area (Å²) in [4.78, 5) is 4.63. The molecule has 0 amide bonds. The van der Waals surface area contributed by atoms with Gasteiger partial charge in [-0.15, -0.1) is 11.3 Å². The first kappa shape index (κ1) is 12.5. The van der Waals surface area contributed by atoms with Crippen molar-refractivity contribution in [2.75, 3.05) is 0 Å². The fraction of sp³-hybridized carbons (Fsp3) is 0.500. The quantitative estimate of drug-likeness (QED) is 0.838. The zero-order valence-corrected chi connectivity index (χ0v) is 12.2. The van der Waals surface area contributed by atoms with Crippen molar-refractivity contribution in [1.82, 2.24) is 9.71 Å². The van der Waals surface area contributed by atoms with Gasteiger partial charge in [0.1, 0.15) is 0 Å². The molecule has 3 rings (SSSR count). The molecule has 2 nitrogen and oxygen atoms in total. The van der Waals surface area contributed by atoms with E-state index in [4.69, 9.17) is 0 Å². The Morgan fingerprint density at radius 2 is 2.00 bits per heavy atom. The van der Waals surface area contributed by atoms with E-state index in [1.807, 2.05) is 6.07 Å². The smallest absolute Gasteiger partial charge is 0.166 e. The van der Waals surface area contributed by atoms with Gasteiger partial charge in [0.2, 0.25) is 0 Å². The average Bonchev–Trinajstić information content (AvgIpc) is 2.81. The Morgan fingerprint density at radius 1 is 1.22 bits per heavy atom. The van der Waals surface area contributed by atoms with Crippen molar-refractivity contribution in [2.24, 2.45) is 5.92 Å². The summed E-state index contributed by atoms with van der Waals surface area (Å²) < 4.78 is 5.99. The monoisotopic (exact) mass is 278 g/mol. The standard InChI is InChI=1S/C14H18N2S2/c1-10-6-8-11(9-7-10)16-18-14-15-12-4-2-3-5-13(12)17-14/h2-5,10-11,16H,6-9H2,1H3. The minimum atomic E-state index is 0.665. The minimum absolute atomic E-state index is 0.665. The lowest BCUT2D eigenvalue weighted by atomic mass is 9.88. The Morgan fingerprint density at radius 3 is 2.78 bits per heavy atom. The molecule has 1 aliphatic rings. The fourth-order valence-corrected chi connectivity index (χ4v) is 4.33. The second-order valence-corrected chi connectivity index (χ2v) is 7.24. The molecule has 96 valence electrons. The molecule has 4 heteroatoms. The molecule has 1 heterocycles. The third-order valence-electron chi connectivity index (χ3n) is 3.60. The van der Waals surface area contributed by atoms with Gasteiger partial charge in [-0.05, 0) is 55.7 Å². The van der Waals surface area contributed by atoms with Gasteiger partial charge in [0, 0.05) is 6.04 Å². The van der Waals surface area contributed by atoms with Crippen molar-refractivity contribution < 1.29 is 0 Å². The van der Waals surface area contributed by atoms with Crippen molar-refractivity contribution in [3.8, 4) is 0 Å². The van der Waals surface area contributed by atoms with Gasteiger partial charge >= 0.3 is 0 Å². The molecule has 1 saturated carbocycles. The summed E-state index contributed by atoms with van der Waals surface area (Å²) in [5.41, 5.74) is 1.11. The van der Waals surface area contributed by atoms with Gasteiger partial charge in [-0.3, -0.25) is 4.72 Å². The highest BCUT2D eigenvalue weighted by Gasteiger charge is 2.18. The highest BCUT2D eigenvalue weighted by atomic mass is 32.2. The van der Waals surface area contributed by atoms with Crippen molar-refractivity contribution >= 4 is 33.5 Å². The number of nitrogens with one attached hydrogen (secondary N) is 1. The van der Waals surface area contributed by atoms with Crippen LogP contribution in [0.2, 0.25) is 0 Å². The second-order valence-electron chi connectivity index (χ2n) is 5.12. The molecule has 1 aromatic heterocycles. The van der Waals surface area contributed by atoms with Crippen LogP contribution in [0.3, 0.4) is 0 Å². The highest BCUT2D eigenvalue weighted by Crippen LogP contribution is 2.30. The number of hydrogen-bond acceptors (Lipinski definition) is 4. The average molecular weight is 278 g/mol. The van der Waals surface area contributed by atoms with Crippen LogP contribution in [-0.2, 0) is 0 Å². The van der Waals surface area contributed by atoms with E-state index in [9.17, 15) is 0 Å². The van der Waals surface area contributed by atoms with E-state index in [2.05, 4.69) is 34.8 Å². The van der Waals surface area contributed by atoms with Crippen molar-refractivity contribution in [3.63, 3.8) is 0 Å². The van der Waals surface area contributed by atoms with Gasteiger partial charge in [0.05, 0.1) is 10.2 Å². The molecule has 1 aromatic carbocycles. The molecule has 2 aromatic rings. The van der Waals surface area contributed by atoms with Gasteiger partial charge in [-0.1, -0.05) is 19.1 Å². The topological polar surface area (TPSA) is 24.9 Å². The predicted molar refractivity (Wildman–Crippen MR) is 80.0 cm³/mol. The summed E-state index contributed by atoms with van der Waals surface area (Å²) in [5, 5.41) is 0. The van der Waals surface area contributed by atoms with Crippen LogP contribution in [-0.4, -0.2) is 11.0 Å². The molecule has 1 aliphatic carbocycles. The summed E-state index contributed by atoms with van der Waals surface area (Å²) in [5.74, 6) is 0.913. The van der Waals surface area contributed by atoms with Crippen LogP contribution in [0.15, 0.2) is 28.6 Å². The molecule has 0 bridgehead atoms. The summed E-state index contributed by atoms with van der Waals surface area (Å²) in [7, 11) is 0. The molecule has 0 aliphatic heterocycles. The van der Waals surface area contributed by atoms with Gasteiger partial charge in [-0.25, -0.2) is 4.98 Å². The molecule has 1 N–H and O–H groups in total. The van der Waals surface area contributed by atoms with Gasteiger partial charge < -0.3 is 0 Å². The molecular formula is C14H18N2S2. The molecule has 0 unspecified atom stereocenters. The van der Waals surface area contributed by atoms with E-state index in [-0.39, 0.29) is 0 Å². The normalized spacial score (nSPS) is 24.5. The Labute approximate surface area is 116 Å². The number of nitrogens with zero attached hydrogens (tertiary/aromatic N) is 1. The van der Waals surface area contributed by atoms with Gasteiger partial charge in [0.25, 0.3) is 0 Å². The summed E-state index contributed by atoms with van der Waals surface area (Å²) >= 11 is 3.49. The fourth-order valence-electron chi connectivity index (χ4n) is 2.41. The molecule has 0 radical (unpaired) electrons. The van der Waals surface area contributed by atoms with Crippen LogP contribution in [0.4, 0.5) is 0 Å². The summed E-state index contributed by atoms with van der Waals surface area (Å²) in [6.07, 6.45) is 5.33. The Kier molecular flexibility index (Phi) is 3.87. The number of para-hydroxylation sites is 1. The van der Waals surface area contributed by atoms with Crippen LogP contribution < -0.4 is 4.72 Å². The predicted octanol–water partition coefficient (Wildman–Crippen LogP) is 4.47. The molecule has 1 fully saturated rings. The number of thiazole rings is 1. The first-order valence-corrected chi connectivity index (χ1v) is 8.22. The zero-order chi connectivity index (χ0) is 12.4. The van der Waals surface area contributed by atoms with Gasteiger partial charge in [0.15, 0.2) is 4.34 Å². The van der Waals surface area contributed by atoms with Crippen molar-refractivity contribution in [2.45, 2.75) is 43.0 Å². The number of benzene rings is 1. The van der Waals surface area contributed by atoms with Crippen LogP contribution >= 0.6 is 23.3 Å². The lowest BCUT2D eigenvalue weighted by molar-refractivity contribution is 0.337. The van der Waals surface area contributed by atoms with Gasteiger partial charge in [-0.2, -0.15) is 0 Å². The highest BCUT2D eigenvalue weighted by molar-refractivity contribution is 7.99. The SMILES string of the molecule is CC1CCC(NSc2nc3ccccc3s2)CC1. The first-order valence-electron chi connectivity index (χ1n) is 6.59. The van der Waals surface area contributed by atoms with Crippen LogP contribution in [0.1, 0.15) is 32.6 Å². The summed E-state index contributed by atoms with van der Waals surface area (Å²) in [6.45, 7) is 2.36. The first-order chi connectivity index (χ1) is 8.81. The number of fused-ring (bicyclic) bond motifs is 1. The van der Waals surface area contributed by atoms with Crippen LogP contribution in [0.25, 0.3) is 10.2 Å². The molecule has 0 saturated heterocycles. The Bertz CT molecular complexity index is 482. The molecule has 18 heavy (non-hydrogen) atoms. The van der Waals surface area contributed by atoms with E-state index in [1.165, 1.54) is 30.4 Å². The molecule has 0 spiro atoms. The van der Waals surface area contributed by atoms with Crippen molar-refractivity contribution in [3.05, 3.63) is 24.3 Å². The van der Waals surface area contributed by atoms with E-state index < -0.39 is 0 Å². The molecule has 0 atom stereocenters. The lowest BCUT2D eigenvalue weighted by Gasteiger charge is -2.26. The summed E-state index contributed by atoms with van der Waals surface area (Å²) in [6, 6.07) is 9.01. The Balaban J connectivity index is 1.59. The minimum Gasteiger partial charge on any atom is -0.255 e. The Hall–Kier alpha value is -0.580. The maximum Gasteiger partial charge on any atom is 0.166 e. The zero-order valence-electron chi connectivity index (χ0n) is 10.6. The molecular weight excluding hydrogens is 260 g/mol. The van der Waals surface area contributed by atoms with E-state index in [1.54, 1.807) is 23.3 Å². The third-order valence-corrected chi connectivity index (χ3v) is 5.65. The largest absolute Gasteiger partial charge is 0.255 e. The van der Waals surface area contributed by atoms with Crippen molar-refractivity contribution in [1.29, 1.82) is 0 Å². The van der Waals surface area contributed by atoms with Crippen LogP contribution in [0.5, 0.6) is 0 Å². The number of aromatic nitrogens is 1. The van der Waals surface area contributed by atoms with E-state index >= 15 is 0 Å². The lowest BCUT2D eigenvalue weighted by Crippen LogP contribution is -2.27. The third kappa shape index (κ3) is 2.87. The number of rotatable bonds is 3. The second kappa shape index (κ2) is 5.59.